The maximum Gasteiger partial charge on any atom is 0.417 e. The largest absolute Gasteiger partial charge is 0.417 e. The van der Waals surface area contributed by atoms with Crippen LogP contribution in [0.4, 0.5) is 19.0 Å². The van der Waals surface area contributed by atoms with Crippen molar-refractivity contribution in [1.29, 1.82) is 0 Å². The Hall–Kier alpha value is -3.97. The van der Waals surface area contributed by atoms with Crippen molar-refractivity contribution in [2.45, 2.75) is 30.0 Å². The third-order valence-corrected chi connectivity index (χ3v) is 8.39. The van der Waals surface area contributed by atoms with Crippen molar-refractivity contribution >= 4 is 27.4 Å². The van der Waals surface area contributed by atoms with E-state index in [2.05, 4.69) is 15.3 Å². The average molecular weight is 545 g/mol. The molecule has 38 heavy (non-hydrogen) atoms. The van der Waals surface area contributed by atoms with Crippen LogP contribution >= 0.6 is 0 Å². The van der Waals surface area contributed by atoms with Gasteiger partial charge in [0.05, 0.1) is 16.7 Å². The molecule has 1 amide bonds. The average Bonchev–Trinajstić information content (AvgIpc) is 3.33. The standard InChI is InChI=1S/C25H23F3N6O3S/c26-25(27,28)18-4-7-22(30-13-18)32-19-9-11-33(12-10-19)38(36,37)20-5-1-16(2-6-20)17-3-8-23-31-14-21(24(29)35)34(23)15-17/h1-8,13-15,19H,9-12H2,(H2,29,35)(H,30,32). The predicted molar refractivity (Wildman–Crippen MR) is 134 cm³/mol. The van der Waals surface area contributed by atoms with Gasteiger partial charge in [0.1, 0.15) is 17.2 Å². The van der Waals surface area contributed by atoms with Crippen molar-refractivity contribution in [2.75, 3.05) is 18.4 Å². The Morgan fingerprint density at radius 3 is 2.24 bits per heavy atom. The molecule has 0 unspecified atom stereocenters. The molecule has 13 heteroatoms. The highest BCUT2D eigenvalue weighted by Crippen LogP contribution is 2.30. The molecule has 4 heterocycles. The molecular formula is C25H23F3N6O3S. The number of nitrogens with two attached hydrogens (primary N) is 1. The number of carbonyl (C=O) groups is 1. The number of pyridine rings is 2. The number of hydrogen-bond donors (Lipinski definition) is 2. The third kappa shape index (κ3) is 5.07. The fourth-order valence-corrected chi connectivity index (χ4v) is 5.87. The third-order valence-electron chi connectivity index (χ3n) is 6.48. The van der Waals surface area contributed by atoms with Crippen molar-refractivity contribution in [1.82, 2.24) is 18.7 Å². The van der Waals surface area contributed by atoms with Crippen molar-refractivity contribution in [2.24, 2.45) is 5.73 Å². The molecule has 4 aromatic rings. The fourth-order valence-electron chi connectivity index (χ4n) is 4.40. The van der Waals surface area contributed by atoms with Gasteiger partial charge in [-0.15, -0.1) is 0 Å². The second-order valence-electron chi connectivity index (χ2n) is 8.93. The van der Waals surface area contributed by atoms with Gasteiger partial charge in [-0.2, -0.15) is 17.5 Å². The first-order valence-electron chi connectivity index (χ1n) is 11.7. The number of alkyl halides is 3. The minimum absolute atomic E-state index is 0.114. The fraction of sp³-hybridized carbons (Fsp3) is 0.240. The van der Waals surface area contributed by atoms with Crippen LogP contribution in [-0.2, 0) is 16.2 Å². The minimum atomic E-state index is -4.45. The zero-order chi connectivity index (χ0) is 27.1. The van der Waals surface area contributed by atoms with Crippen LogP contribution in [0.25, 0.3) is 16.8 Å². The summed E-state index contributed by atoms with van der Waals surface area (Å²) in [5, 5.41) is 3.08. The number of fused-ring (bicyclic) bond motifs is 1. The van der Waals surface area contributed by atoms with Gasteiger partial charge in [-0.25, -0.2) is 18.4 Å². The number of piperidine rings is 1. The van der Waals surface area contributed by atoms with Crippen LogP contribution in [0.3, 0.4) is 0 Å². The first-order valence-corrected chi connectivity index (χ1v) is 13.1. The van der Waals surface area contributed by atoms with E-state index in [0.29, 0.717) is 24.3 Å². The van der Waals surface area contributed by atoms with Crippen molar-refractivity contribution < 1.29 is 26.4 Å². The number of rotatable bonds is 6. The molecule has 198 valence electrons. The molecule has 0 bridgehead atoms. The molecule has 0 spiro atoms. The second kappa shape index (κ2) is 9.72. The van der Waals surface area contributed by atoms with Gasteiger partial charge in [-0.05, 0) is 60.4 Å². The summed E-state index contributed by atoms with van der Waals surface area (Å²) >= 11 is 0. The van der Waals surface area contributed by atoms with Crippen LogP contribution in [0.5, 0.6) is 0 Å². The molecular weight excluding hydrogens is 521 g/mol. The predicted octanol–water partition coefficient (Wildman–Crippen LogP) is 3.78. The zero-order valence-electron chi connectivity index (χ0n) is 19.9. The van der Waals surface area contributed by atoms with Gasteiger partial charge in [0.2, 0.25) is 10.0 Å². The smallest absolute Gasteiger partial charge is 0.367 e. The number of nitrogens with one attached hydrogen (secondary N) is 1. The van der Waals surface area contributed by atoms with E-state index in [1.165, 1.54) is 28.7 Å². The molecule has 1 aromatic carbocycles. The molecule has 0 saturated carbocycles. The van der Waals surface area contributed by atoms with Gasteiger partial charge in [-0.3, -0.25) is 9.20 Å². The SMILES string of the molecule is NC(=O)c1cnc2ccc(-c3ccc(S(=O)(=O)N4CCC(Nc5ccc(C(F)(F)F)cn5)CC4)cc3)cn12. The maximum atomic E-state index is 13.2. The van der Waals surface area contributed by atoms with E-state index < -0.39 is 27.7 Å². The lowest BCUT2D eigenvalue weighted by Crippen LogP contribution is -2.42. The number of benzene rings is 1. The Kier molecular flexibility index (Phi) is 6.57. The van der Waals surface area contributed by atoms with E-state index in [1.54, 1.807) is 28.8 Å². The van der Waals surface area contributed by atoms with Crippen LogP contribution in [-0.4, -0.2) is 52.1 Å². The molecule has 1 aliphatic heterocycles. The van der Waals surface area contributed by atoms with Gasteiger partial charge in [0.15, 0.2) is 0 Å². The van der Waals surface area contributed by atoms with Crippen LogP contribution < -0.4 is 11.1 Å². The number of primary amides is 1. The lowest BCUT2D eigenvalue weighted by Gasteiger charge is -2.32. The number of anilines is 1. The number of amides is 1. The summed E-state index contributed by atoms with van der Waals surface area (Å²) in [4.78, 5) is 19.7. The summed E-state index contributed by atoms with van der Waals surface area (Å²) in [6.07, 6.45) is 0.395. The first-order chi connectivity index (χ1) is 18.0. The minimum Gasteiger partial charge on any atom is -0.367 e. The van der Waals surface area contributed by atoms with Gasteiger partial charge >= 0.3 is 6.18 Å². The summed E-state index contributed by atoms with van der Waals surface area (Å²) in [6.45, 7) is 0.519. The van der Waals surface area contributed by atoms with Crippen LogP contribution in [0.1, 0.15) is 28.9 Å². The monoisotopic (exact) mass is 544 g/mol. The molecule has 3 aromatic heterocycles. The Bertz CT molecular complexity index is 1580. The molecule has 1 saturated heterocycles. The lowest BCUT2D eigenvalue weighted by molar-refractivity contribution is -0.137. The van der Waals surface area contributed by atoms with Gasteiger partial charge in [0.25, 0.3) is 5.91 Å². The number of aromatic nitrogens is 3. The summed E-state index contributed by atoms with van der Waals surface area (Å²) < 4.78 is 67.6. The van der Waals surface area contributed by atoms with E-state index in [-0.39, 0.29) is 29.7 Å². The number of halogens is 3. The topological polar surface area (TPSA) is 123 Å². The molecule has 0 atom stereocenters. The highest BCUT2D eigenvalue weighted by Gasteiger charge is 2.32. The zero-order valence-corrected chi connectivity index (χ0v) is 20.7. The lowest BCUT2D eigenvalue weighted by atomic mass is 10.1. The molecule has 0 radical (unpaired) electrons. The van der Waals surface area contributed by atoms with Crippen molar-refractivity contribution in [3.63, 3.8) is 0 Å². The molecule has 3 N–H and O–H groups in total. The van der Waals surface area contributed by atoms with Crippen molar-refractivity contribution in [3.8, 4) is 11.1 Å². The molecule has 5 rings (SSSR count). The van der Waals surface area contributed by atoms with Gasteiger partial charge < -0.3 is 11.1 Å². The summed E-state index contributed by atoms with van der Waals surface area (Å²) in [5.41, 5.74) is 6.89. The summed E-state index contributed by atoms with van der Waals surface area (Å²) in [7, 11) is -3.73. The second-order valence-corrected chi connectivity index (χ2v) is 10.9. The first kappa shape index (κ1) is 25.7. The molecule has 0 aliphatic carbocycles. The van der Waals surface area contributed by atoms with Crippen LogP contribution in [0.2, 0.25) is 0 Å². The number of sulfonamides is 1. The Morgan fingerprint density at radius 1 is 0.947 bits per heavy atom. The number of carbonyl (C=O) groups excluding carboxylic acids is 1. The van der Waals surface area contributed by atoms with Gasteiger partial charge in [-0.1, -0.05) is 12.1 Å². The molecule has 9 nitrogen and oxygen atoms in total. The summed E-state index contributed by atoms with van der Waals surface area (Å²) in [6, 6.07) is 12.1. The quantitative estimate of drug-likeness (QED) is 0.381. The Labute approximate surface area is 216 Å². The van der Waals surface area contributed by atoms with Crippen LogP contribution in [0, 0.1) is 0 Å². The molecule has 1 aliphatic rings. The van der Waals surface area contributed by atoms with E-state index in [4.69, 9.17) is 5.73 Å². The number of imidazole rings is 1. The highest BCUT2D eigenvalue weighted by atomic mass is 32.2. The number of hydrogen-bond acceptors (Lipinski definition) is 6. The van der Waals surface area contributed by atoms with E-state index in [0.717, 1.165) is 23.4 Å². The van der Waals surface area contributed by atoms with E-state index in [9.17, 15) is 26.4 Å². The van der Waals surface area contributed by atoms with Gasteiger partial charge in [0, 0.05) is 31.5 Å². The van der Waals surface area contributed by atoms with E-state index in [1.807, 2.05) is 6.07 Å². The van der Waals surface area contributed by atoms with E-state index >= 15 is 0 Å². The molecule has 1 fully saturated rings. The highest BCUT2D eigenvalue weighted by molar-refractivity contribution is 7.89. The Balaban J connectivity index is 1.24. The van der Waals surface area contributed by atoms with Crippen LogP contribution in [0.15, 0.2) is 72.0 Å². The summed E-state index contributed by atoms with van der Waals surface area (Å²) in [5.74, 6) is -0.294. The van der Waals surface area contributed by atoms with Crippen molar-refractivity contribution in [3.05, 3.63) is 78.4 Å². The maximum absolute atomic E-state index is 13.2. The normalized spacial score (nSPS) is 15.6. The Morgan fingerprint density at radius 2 is 1.63 bits per heavy atom. The number of nitrogens with zero attached hydrogens (tertiary/aromatic N) is 4.